The Morgan fingerprint density at radius 3 is 2.48 bits per heavy atom. The summed E-state index contributed by atoms with van der Waals surface area (Å²) in [6.07, 6.45) is 3.48. The Morgan fingerprint density at radius 2 is 1.86 bits per heavy atom. The normalized spacial score (nSPS) is 18.8. The molecule has 2 fully saturated rings. The molecule has 0 aromatic heterocycles. The van der Waals surface area contributed by atoms with Gasteiger partial charge in [0.1, 0.15) is 0 Å². The molecule has 7 heteroatoms. The third kappa shape index (κ3) is 3.40. The summed E-state index contributed by atoms with van der Waals surface area (Å²) in [6, 6.07) is 5.03. The van der Waals surface area contributed by atoms with E-state index >= 15 is 0 Å². The van der Waals surface area contributed by atoms with Crippen LogP contribution in [0.1, 0.15) is 36.0 Å². The van der Waals surface area contributed by atoms with Crippen LogP contribution in [0.5, 0.6) is 0 Å². The van der Waals surface area contributed by atoms with Gasteiger partial charge in [-0.15, -0.1) is 0 Å². The maximum atomic E-state index is 12.4. The van der Waals surface area contributed by atoms with Crippen molar-refractivity contribution in [3.8, 4) is 0 Å². The molecule has 1 heterocycles. The van der Waals surface area contributed by atoms with Gasteiger partial charge in [-0.2, -0.15) is 0 Å². The summed E-state index contributed by atoms with van der Waals surface area (Å²) in [5.41, 5.74) is 0.957. The second-order valence-corrected chi connectivity index (χ2v) is 8.45. The number of nitrogens with zero attached hydrogens (tertiary/aromatic N) is 1. The number of benzene rings is 1. The highest BCUT2D eigenvalue weighted by atomic mass is 79.9. The number of sulfonamides is 1. The molecule has 114 valence electrons. The predicted molar refractivity (Wildman–Crippen MR) is 84.8 cm³/mol. The van der Waals surface area contributed by atoms with E-state index in [4.69, 9.17) is 0 Å². The number of nitrogens with one attached hydrogen (secondary N) is 1. The van der Waals surface area contributed by atoms with Gasteiger partial charge < -0.3 is 4.90 Å². The van der Waals surface area contributed by atoms with E-state index in [1.807, 2.05) is 0 Å². The van der Waals surface area contributed by atoms with Crippen molar-refractivity contribution in [2.24, 2.45) is 0 Å². The molecule has 1 saturated carbocycles. The van der Waals surface area contributed by atoms with Crippen molar-refractivity contribution in [3.05, 3.63) is 28.2 Å². The highest BCUT2D eigenvalue weighted by Crippen LogP contribution is 2.31. The van der Waals surface area contributed by atoms with Crippen LogP contribution in [-0.4, -0.2) is 37.6 Å². The van der Waals surface area contributed by atoms with Gasteiger partial charge >= 0.3 is 0 Å². The Hall–Kier alpha value is -1.08. The molecule has 0 bridgehead atoms. The van der Waals surface area contributed by atoms with E-state index in [2.05, 4.69) is 20.7 Å². The van der Waals surface area contributed by atoms with Crippen LogP contribution in [0.3, 0.4) is 0 Å². The van der Waals surface area contributed by atoms with Gasteiger partial charge in [0.05, 0.1) is 10.9 Å². The molecule has 0 radical (unpaired) electrons. The molecule has 3 rings (SSSR count). The van der Waals surface area contributed by atoms with E-state index < -0.39 is 10.0 Å². The molecule has 1 saturated heterocycles. The number of rotatable bonds is 4. The van der Waals surface area contributed by atoms with Crippen LogP contribution >= 0.6 is 15.9 Å². The molecule has 1 aromatic carbocycles. The maximum absolute atomic E-state index is 12.4. The summed E-state index contributed by atoms with van der Waals surface area (Å²) >= 11 is 3.34. The van der Waals surface area contributed by atoms with Crippen molar-refractivity contribution in [2.75, 3.05) is 17.8 Å². The van der Waals surface area contributed by atoms with E-state index in [9.17, 15) is 13.2 Å². The predicted octanol–water partition coefficient (Wildman–Crippen LogP) is 2.59. The molecular formula is C14H17BrN2O3S. The van der Waals surface area contributed by atoms with Gasteiger partial charge in [-0.3, -0.25) is 9.52 Å². The van der Waals surface area contributed by atoms with Gasteiger partial charge in [-0.1, -0.05) is 15.9 Å². The van der Waals surface area contributed by atoms with Crippen molar-refractivity contribution >= 4 is 37.5 Å². The summed E-state index contributed by atoms with van der Waals surface area (Å²) in [6.45, 7) is 1.54. The number of anilines is 1. The zero-order chi connectivity index (χ0) is 15.0. The fourth-order valence-electron chi connectivity index (χ4n) is 2.50. The highest BCUT2D eigenvalue weighted by molar-refractivity contribution is 9.10. The molecule has 1 amide bonds. The topological polar surface area (TPSA) is 66.5 Å². The molecule has 1 aliphatic carbocycles. The van der Waals surface area contributed by atoms with Crippen LogP contribution in [-0.2, 0) is 10.0 Å². The van der Waals surface area contributed by atoms with Crippen molar-refractivity contribution < 1.29 is 13.2 Å². The highest BCUT2D eigenvalue weighted by Gasteiger charge is 2.35. The smallest absolute Gasteiger partial charge is 0.253 e. The lowest BCUT2D eigenvalue weighted by Crippen LogP contribution is -2.27. The van der Waals surface area contributed by atoms with Gasteiger partial charge in [0.25, 0.3) is 5.91 Å². The molecular weight excluding hydrogens is 356 g/mol. The quantitative estimate of drug-likeness (QED) is 0.882. The average Bonchev–Trinajstić information content (AvgIpc) is 3.14. The van der Waals surface area contributed by atoms with Crippen molar-refractivity contribution in [2.45, 2.75) is 30.9 Å². The van der Waals surface area contributed by atoms with E-state index in [-0.39, 0.29) is 11.2 Å². The van der Waals surface area contributed by atoms with E-state index in [0.29, 0.717) is 28.6 Å². The summed E-state index contributed by atoms with van der Waals surface area (Å²) < 4.78 is 27.3. The maximum Gasteiger partial charge on any atom is 0.253 e. The second kappa shape index (κ2) is 5.61. The molecule has 2 aliphatic rings. The van der Waals surface area contributed by atoms with E-state index in [1.54, 1.807) is 23.1 Å². The van der Waals surface area contributed by atoms with Gasteiger partial charge in [0, 0.05) is 23.1 Å². The molecule has 0 atom stereocenters. The molecule has 1 aliphatic heterocycles. The van der Waals surface area contributed by atoms with Crippen molar-refractivity contribution in [1.82, 2.24) is 4.90 Å². The largest absolute Gasteiger partial charge is 0.339 e. The number of carbonyl (C=O) groups is 1. The second-order valence-electron chi connectivity index (χ2n) is 5.57. The summed E-state index contributed by atoms with van der Waals surface area (Å²) in [5, 5.41) is -0.283. The number of amides is 1. The van der Waals surface area contributed by atoms with Gasteiger partial charge in [-0.05, 0) is 43.9 Å². The lowest BCUT2D eigenvalue weighted by molar-refractivity contribution is 0.0793. The lowest BCUT2D eigenvalue weighted by atomic mass is 10.2. The van der Waals surface area contributed by atoms with Gasteiger partial charge in [-0.25, -0.2) is 8.42 Å². The number of halogens is 1. The van der Waals surface area contributed by atoms with Gasteiger partial charge in [0.15, 0.2) is 0 Å². The zero-order valence-electron chi connectivity index (χ0n) is 11.5. The molecule has 0 spiro atoms. The monoisotopic (exact) mass is 372 g/mol. The van der Waals surface area contributed by atoms with Crippen LogP contribution in [0.15, 0.2) is 22.7 Å². The molecule has 1 aromatic rings. The fraction of sp³-hybridized carbons (Fsp3) is 0.500. The first-order valence-electron chi connectivity index (χ1n) is 7.07. The Labute approximate surface area is 132 Å². The number of likely N-dealkylation sites (tertiary alicyclic amines) is 1. The summed E-state index contributed by atoms with van der Waals surface area (Å²) in [4.78, 5) is 14.2. The number of hydrogen-bond donors (Lipinski definition) is 1. The SMILES string of the molecule is O=C(c1cc(Br)cc(NS(=O)(=O)C2CC2)c1)N1CCCC1. The first-order chi connectivity index (χ1) is 9.95. The molecule has 0 unspecified atom stereocenters. The molecule has 21 heavy (non-hydrogen) atoms. The van der Waals surface area contributed by atoms with Crippen molar-refractivity contribution in [1.29, 1.82) is 0 Å². The first kappa shape index (κ1) is 14.8. The Balaban J connectivity index is 1.83. The standard InChI is InChI=1S/C14H17BrN2O3S/c15-11-7-10(14(18)17-5-1-2-6-17)8-12(9-11)16-21(19,20)13-3-4-13/h7-9,13,16H,1-6H2. The minimum atomic E-state index is -3.31. The fourth-order valence-corrected chi connectivity index (χ4v) is 4.36. The van der Waals surface area contributed by atoms with Crippen LogP contribution in [0.2, 0.25) is 0 Å². The van der Waals surface area contributed by atoms with Crippen LogP contribution in [0, 0.1) is 0 Å². The number of hydrogen-bond acceptors (Lipinski definition) is 3. The van der Waals surface area contributed by atoms with Gasteiger partial charge in [0.2, 0.25) is 10.0 Å². The lowest BCUT2D eigenvalue weighted by Gasteiger charge is -2.16. The Bertz CT molecular complexity index is 665. The summed E-state index contributed by atoms with van der Waals surface area (Å²) in [5.74, 6) is -0.0410. The van der Waals surface area contributed by atoms with E-state index in [1.165, 1.54) is 0 Å². The van der Waals surface area contributed by atoms with Crippen molar-refractivity contribution in [3.63, 3.8) is 0 Å². The third-order valence-corrected chi connectivity index (χ3v) is 6.09. The third-order valence-electron chi connectivity index (χ3n) is 3.76. The minimum absolute atomic E-state index is 0.0410. The minimum Gasteiger partial charge on any atom is -0.339 e. The molecule has 1 N–H and O–H groups in total. The summed E-state index contributed by atoms with van der Waals surface area (Å²) in [7, 11) is -3.31. The van der Waals surface area contributed by atoms with Crippen LogP contribution in [0.4, 0.5) is 5.69 Å². The molecule has 5 nitrogen and oxygen atoms in total. The van der Waals surface area contributed by atoms with Crippen LogP contribution in [0.25, 0.3) is 0 Å². The average molecular weight is 373 g/mol. The Morgan fingerprint density at radius 1 is 1.19 bits per heavy atom. The zero-order valence-corrected chi connectivity index (χ0v) is 13.9. The first-order valence-corrected chi connectivity index (χ1v) is 9.41. The Kier molecular flexibility index (Phi) is 3.96. The van der Waals surface area contributed by atoms with Crippen LogP contribution < -0.4 is 4.72 Å². The number of carbonyl (C=O) groups excluding carboxylic acids is 1. The van der Waals surface area contributed by atoms with E-state index in [0.717, 1.165) is 25.9 Å².